The topological polar surface area (TPSA) is 90.8 Å². The predicted octanol–water partition coefficient (Wildman–Crippen LogP) is 1.18. The molecule has 2 heterocycles. The Balaban J connectivity index is 0.000000272. The maximum Gasteiger partial charge on any atom is 0.471 e. The zero-order valence-electron chi connectivity index (χ0n) is 13.1. The van der Waals surface area contributed by atoms with Crippen LogP contribution < -0.4 is 11.1 Å². The lowest BCUT2D eigenvalue weighted by molar-refractivity contribution is -0.173. The van der Waals surface area contributed by atoms with Crippen molar-refractivity contribution in [2.24, 2.45) is 5.73 Å². The number of carbonyl (C=O) groups excluding carboxylic acids is 1. The van der Waals surface area contributed by atoms with Gasteiger partial charge in [-0.2, -0.15) is 13.2 Å². The van der Waals surface area contributed by atoms with E-state index in [1.54, 1.807) is 41.1 Å². The summed E-state index contributed by atoms with van der Waals surface area (Å²) in [7, 11) is 0. The molecule has 7 nitrogen and oxygen atoms in total. The van der Waals surface area contributed by atoms with E-state index >= 15 is 0 Å². The van der Waals surface area contributed by atoms with Gasteiger partial charge in [0.2, 0.25) is 0 Å². The van der Waals surface area contributed by atoms with Crippen molar-refractivity contribution in [3.05, 3.63) is 37.4 Å². The number of halogens is 3. The van der Waals surface area contributed by atoms with Gasteiger partial charge in [-0.3, -0.25) is 4.79 Å². The van der Waals surface area contributed by atoms with Gasteiger partial charge in [-0.15, -0.1) is 0 Å². The summed E-state index contributed by atoms with van der Waals surface area (Å²) in [6.07, 6.45) is 7.01. The first-order valence-corrected chi connectivity index (χ1v) is 7.40. The Morgan fingerprint density at radius 1 is 1.04 bits per heavy atom. The molecule has 2 aromatic rings. The highest BCUT2D eigenvalue weighted by molar-refractivity contribution is 5.81. The molecule has 134 valence electrons. The van der Waals surface area contributed by atoms with Crippen molar-refractivity contribution >= 4 is 5.91 Å². The number of aryl methyl sites for hydroxylation is 2. The molecule has 0 spiro atoms. The second-order valence-corrected chi connectivity index (χ2v) is 4.85. The second-order valence-electron chi connectivity index (χ2n) is 4.85. The summed E-state index contributed by atoms with van der Waals surface area (Å²) in [5.41, 5.74) is 5.31. The molecular weight excluding hydrogens is 325 g/mol. The van der Waals surface area contributed by atoms with Gasteiger partial charge in [0.15, 0.2) is 0 Å². The van der Waals surface area contributed by atoms with Crippen molar-refractivity contribution in [2.75, 3.05) is 13.1 Å². The molecule has 1 amide bonds. The van der Waals surface area contributed by atoms with Gasteiger partial charge >= 0.3 is 12.1 Å². The summed E-state index contributed by atoms with van der Waals surface area (Å²) in [6.45, 7) is 2.25. The molecule has 0 aliphatic rings. The van der Waals surface area contributed by atoms with Crippen molar-refractivity contribution in [1.82, 2.24) is 24.4 Å². The Bertz CT molecular complexity index is 554. The minimum absolute atomic E-state index is 0.00345. The Labute approximate surface area is 137 Å². The molecule has 2 aromatic heterocycles. The van der Waals surface area contributed by atoms with Gasteiger partial charge in [-0.05, 0) is 19.4 Å². The van der Waals surface area contributed by atoms with Crippen LogP contribution in [0.1, 0.15) is 12.8 Å². The number of nitrogens with zero attached hydrogens (tertiary/aromatic N) is 4. The van der Waals surface area contributed by atoms with Gasteiger partial charge in [0, 0.05) is 44.4 Å². The highest BCUT2D eigenvalue weighted by atomic mass is 19.4. The van der Waals surface area contributed by atoms with Crippen LogP contribution in [0.5, 0.6) is 0 Å². The lowest BCUT2D eigenvalue weighted by atomic mass is 10.4. The van der Waals surface area contributed by atoms with Crippen LogP contribution in [-0.2, 0) is 17.9 Å². The molecule has 0 saturated heterocycles. The number of nitrogens with one attached hydrogen (secondary N) is 1. The molecule has 0 aromatic carbocycles. The number of hydrogen-bond acceptors (Lipinski definition) is 4. The minimum Gasteiger partial charge on any atom is -0.348 e. The van der Waals surface area contributed by atoms with Gasteiger partial charge < -0.3 is 20.2 Å². The van der Waals surface area contributed by atoms with E-state index < -0.39 is 12.1 Å². The van der Waals surface area contributed by atoms with E-state index in [0.29, 0.717) is 13.0 Å². The summed E-state index contributed by atoms with van der Waals surface area (Å²) < 4.78 is 38.9. The van der Waals surface area contributed by atoms with Crippen molar-refractivity contribution in [3.8, 4) is 0 Å². The Hall–Kier alpha value is -2.36. The number of nitrogens with two attached hydrogens (primary N) is 1. The highest BCUT2D eigenvalue weighted by Crippen LogP contribution is 2.13. The fraction of sp³-hybridized carbons (Fsp3) is 0.500. The van der Waals surface area contributed by atoms with Crippen LogP contribution in [0.4, 0.5) is 13.2 Å². The molecule has 0 saturated carbocycles. The van der Waals surface area contributed by atoms with E-state index in [1.807, 2.05) is 10.8 Å². The second kappa shape index (κ2) is 10.4. The lowest BCUT2D eigenvalue weighted by Gasteiger charge is -2.07. The molecule has 0 aliphatic heterocycles. The van der Waals surface area contributed by atoms with Crippen LogP contribution in [0.2, 0.25) is 0 Å². The summed E-state index contributed by atoms with van der Waals surface area (Å²) in [6, 6.07) is 0. The molecule has 0 aliphatic carbocycles. The molecule has 0 bridgehead atoms. The first-order valence-electron chi connectivity index (χ1n) is 7.40. The van der Waals surface area contributed by atoms with Gasteiger partial charge in [0.1, 0.15) is 0 Å². The maximum absolute atomic E-state index is 11.7. The van der Waals surface area contributed by atoms with Gasteiger partial charge in [0.05, 0.1) is 12.7 Å². The van der Waals surface area contributed by atoms with Crippen LogP contribution in [0.15, 0.2) is 37.4 Å². The normalized spacial score (nSPS) is 10.8. The standard InChI is InChI=1S/C8H10F3N3O.C6H11N3/c9-8(10,11)7(15)13-2-1-4-14-5-3-12-6-14;7-2-1-4-9-5-3-8-6-9/h3,5-6H,1-2,4H2,(H,13,15);3,5-6H,1-2,4,7H2. The summed E-state index contributed by atoms with van der Waals surface area (Å²) in [5, 5.41) is 1.79. The molecular formula is C14H21F3N6O. The molecule has 0 unspecified atom stereocenters. The largest absolute Gasteiger partial charge is 0.471 e. The summed E-state index contributed by atoms with van der Waals surface area (Å²) >= 11 is 0. The minimum atomic E-state index is -4.80. The highest BCUT2D eigenvalue weighted by Gasteiger charge is 2.38. The average Bonchev–Trinajstić information content (AvgIpc) is 3.22. The smallest absolute Gasteiger partial charge is 0.348 e. The number of rotatable bonds is 7. The van der Waals surface area contributed by atoms with E-state index in [4.69, 9.17) is 5.73 Å². The summed E-state index contributed by atoms with van der Waals surface area (Å²) in [4.78, 5) is 18.0. The van der Waals surface area contributed by atoms with Crippen LogP contribution in [-0.4, -0.2) is 44.3 Å². The zero-order valence-corrected chi connectivity index (χ0v) is 13.1. The number of aromatic nitrogens is 4. The van der Waals surface area contributed by atoms with E-state index in [1.165, 1.54) is 0 Å². The Morgan fingerprint density at radius 2 is 1.58 bits per heavy atom. The SMILES string of the molecule is NCCCn1ccnc1.O=C(NCCCn1ccnc1)C(F)(F)F. The van der Waals surface area contributed by atoms with Crippen LogP contribution in [0, 0.1) is 0 Å². The van der Waals surface area contributed by atoms with Crippen LogP contribution in [0.25, 0.3) is 0 Å². The van der Waals surface area contributed by atoms with Crippen LogP contribution >= 0.6 is 0 Å². The molecule has 0 radical (unpaired) electrons. The molecule has 3 N–H and O–H groups in total. The maximum atomic E-state index is 11.7. The van der Waals surface area contributed by atoms with E-state index in [0.717, 1.165) is 19.5 Å². The number of imidazole rings is 2. The number of alkyl halides is 3. The van der Waals surface area contributed by atoms with E-state index in [-0.39, 0.29) is 6.54 Å². The molecule has 10 heteroatoms. The van der Waals surface area contributed by atoms with Crippen molar-refractivity contribution in [1.29, 1.82) is 0 Å². The third kappa shape index (κ3) is 8.32. The number of amides is 1. The zero-order chi connectivity index (χ0) is 17.8. The monoisotopic (exact) mass is 346 g/mol. The fourth-order valence-electron chi connectivity index (χ4n) is 1.68. The number of hydrogen-bond donors (Lipinski definition) is 2. The van der Waals surface area contributed by atoms with Crippen molar-refractivity contribution in [2.45, 2.75) is 32.1 Å². The molecule has 2 rings (SSSR count). The Morgan fingerprint density at radius 3 is 2.00 bits per heavy atom. The van der Waals surface area contributed by atoms with Gasteiger partial charge in [-0.1, -0.05) is 0 Å². The molecule has 0 atom stereocenters. The third-order valence-corrected chi connectivity index (χ3v) is 2.87. The summed E-state index contributed by atoms with van der Waals surface area (Å²) in [5.74, 6) is -1.90. The first-order chi connectivity index (χ1) is 11.4. The fourth-order valence-corrected chi connectivity index (χ4v) is 1.68. The third-order valence-electron chi connectivity index (χ3n) is 2.87. The Kier molecular flexibility index (Phi) is 8.55. The van der Waals surface area contributed by atoms with E-state index in [9.17, 15) is 18.0 Å². The van der Waals surface area contributed by atoms with Gasteiger partial charge in [0.25, 0.3) is 0 Å². The first kappa shape index (κ1) is 19.7. The number of carbonyl (C=O) groups is 1. The lowest BCUT2D eigenvalue weighted by Crippen LogP contribution is -2.37. The predicted molar refractivity (Wildman–Crippen MR) is 81.8 cm³/mol. The molecule has 0 fully saturated rings. The van der Waals surface area contributed by atoms with Crippen LogP contribution in [0.3, 0.4) is 0 Å². The average molecular weight is 346 g/mol. The van der Waals surface area contributed by atoms with Crippen molar-refractivity contribution in [3.63, 3.8) is 0 Å². The quantitative estimate of drug-likeness (QED) is 0.737. The van der Waals surface area contributed by atoms with E-state index in [2.05, 4.69) is 9.97 Å². The van der Waals surface area contributed by atoms with Crippen molar-refractivity contribution < 1.29 is 18.0 Å². The molecule has 24 heavy (non-hydrogen) atoms. The van der Waals surface area contributed by atoms with Gasteiger partial charge in [-0.25, -0.2) is 9.97 Å².